The Morgan fingerprint density at radius 3 is 2.52 bits per heavy atom. The van der Waals surface area contributed by atoms with Gasteiger partial charge in [0.2, 0.25) is 5.78 Å². The Morgan fingerprint density at radius 2 is 1.73 bits per heavy atom. The highest BCUT2D eigenvalue weighted by Gasteiger charge is 2.39. The molecule has 200 valence electrons. The molecule has 3 aromatic carbocycles. The number of rotatable bonds is 7. The summed E-state index contributed by atoms with van der Waals surface area (Å²) < 4.78 is 28.9. The van der Waals surface area contributed by atoms with Crippen LogP contribution in [-0.2, 0) is 11.4 Å². The summed E-state index contributed by atoms with van der Waals surface area (Å²) in [7, 11) is 3.09. The summed E-state index contributed by atoms with van der Waals surface area (Å²) in [6.07, 6.45) is 3.40. The first-order valence-corrected chi connectivity index (χ1v) is 12.7. The maximum absolute atomic E-state index is 13.5. The van der Waals surface area contributed by atoms with Crippen molar-refractivity contribution in [3.63, 3.8) is 0 Å². The number of para-hydroxylation sites is 2. The Hall–Kier alpha value is -5.11. The highest BCUT2D eigenvalue weighted by atomic mass is 16.5. The summed E-state index contributed by atoms with van der Waals surface area (Å²) in [6, 6.07) is 21.8. The molecule has 0 N–H and O–H groups in total. The quantitative estimate of drug-likeness (QED) is 0.168. The number of methoxy groups -OCH3 is 2. The molecule has 0 bridgehead atoms. The zero-order chi connectivity index (χ0) is 27.6. The molecular formula is C32H25NO7. The van der Waals surface area contributed by atoms with E-state index in [1.807, 2.05) is 48.5 Å². The summed E-state index contributed by atoms with van der Waals surface area (Å²) in [5, 5.41) is 0. The molecule has 0 amide bonds. The van der Waals surface area contributed by atoms with Gasteiger partial charge in [0.05, 0.1) is 31.9 Å². The van der Waals surface area contributed by atoms with Gasteiger partial charge in [0.25, 0.3) is 0 Å². The van der Waals surface area contributed by atoms with Gasteiger partial charge in [0.1, 0.15) is 23.9 Å². The number of aromatic nitrogens is 1. The van der Waals surface area contributed by atoms with Gasteiger partial charge < -0.3 is 23.7 Å². The zero-order valence-corrected chi connectivity index (χ0v) is 21.9. The fraction of sp³-hybridized carbons (Fsp3) is 0.156. The maximum atomic E-state index is 13.5. The highest BCUT2D eigenvalue weighted by Crippen LogP contribution is 2.50. The number of esters is 1. The number of allylic oxidation sites excluding steroid dienone is 1. The number of ether oxygens (including phenoxy) is 5. The van der Waals surface area contributed by atoms with Crippen molar-refractivity contribution in [2.24, 2.45) is 0 Å². The summed E-state index contributed by atoms with van der Waals surface area (Å²) in [6.45, 7) is 0.263. The van der Waals surface area contributed by atoms with Crippen LogP contribution in [0.2, 0.25) is 0 Å². The van der Waals surface area contributed by atoms with E-state index in [0.29, 0.717) is 45.4 Å². The van der Waals surface area contributed by atoms with Crippen molar-refractivity contribution in [3.05, 3.63) is 113 Å². The molecule has 0 aliphatic carbocycles. The molecule has 1 aromatic heterocycles. The van der Waals surface area contributed by atoms with Crippen molar-refractivity contribution in [1.29, 1.82) is 0 Å². The van der Waals surface area contributed by atoms with Crippen molar-refractivity contribution in [1.82, 2.24) is 4.98 Å². The Kier molecular flexibility index (Phi) is 6.66. The molecule has 2 aliphatic heterocycles. The minimum Gasteiger partial charge on any atom is -0.493 e. The van der Waals surface area contributed by atoms with Crippen LogP contribution < -0.4 is 23.7 Å². The van der Waals surface area contributed by atoms with Gasteiger partial charge >= 0.3 is 5.97 Å². The van der Waals surface area contributed by atoms with Gasteiger partial charge in [-0.2, -0.15) is 0 Å². The maximum Gasteiger partial charge on any atom is 0.312 e. The van der Waals surface area contributed by atoms with Crippen molar-refractivity contribution in [2.75, 3.05) is 14.2 Å². The Labute approximate surface area is 230 Å². The van der Waals surface area contributed by atoms with E-state index in [4.69, 9.17) is 23.7 Å². The topological polar surface area (TPSA) is 93.2 Å². The Bertz CT molecular complexity index is 1640. The van der Waals surface area contributed by atoms with Crippen LogP contribution in [0.3, 0.4) is 0 Å². The van der Waals surface area contributed by atoms with Crippen molar-refractivity contribution < 1.29 is 33.3 Å². The molecule has 40 heavy (non-hydrogen) atoms. The molecule has 0 radical (unpaired) electrons. The molecule has 4 aromatic rings. The summed E-state index contributed by atoms with van der Waals surface area (Å²) in [4.78, 5) is 30.5. The van der Waals surface area contributed by atoms with E-state index in [9.17, 15) is 9.59 Å². The van der Waals surface area contributed by atoms with E-state index in [1.165, 1.54) is 7.11 Å². The first kappa shape index (κ1) is 25.2. The molecular weight excluding hydrogens is 510 g/mol. The molecule has 0 fully saturated rings. The lowest BCUT2D eigenvalue weighted by Gasteiger charge is -2.27. The number of carbonyl (C=O) groups excluding carboxylic acids is 2. The first-order chi connectivity index (χ1) is 19.6. The molecule has 8 nitrogen and oxygen atoms in total. The van der Waals surface area contributed by atoms with Crippen LogP contribution in [0.1, 0.15) is 45.1 Å². The van der Waals surface area contributed by atoms with Crippen LogP contribution in [0.15, 0.2) is 84.8 Å². The van der Waals surface area contributed by atoms with Gasteiger partial charge in [-0.05, 0) is 42.5 Å². The van der Waals surface area contributed by atoms with E-state index in [-0.39, 0.29) is 30.5 Å². The third-order valence-corrected chi connectivity index (χ3v) is 6.90. The predicted octanol–water partition coefficient (Wildman–Crippen LogP) is 5.74. The standard InChI is InChI=1S/C32H25NO7/c1-36-26-12-7-8-19(31(26)37-2)16-27-30(35)22-13-14-25-29(32(22)40-27)23(17-28(34)39-25)21-10-3-4-11-24(21)38-18-20-9-5-6-15-33-20/h3-16,23H,17-18H2,1-2H3/b27-16-/t23-/m0/s1. The van der Waals surface area contributed by atoms with Gasteiger partial charge in [0, 0.05) is 28.8 Å². The van der Waals surface area contributed by atoms with Crippen molar-refractivity contribution in [2.45, 2.75) is 18.9 Å². The van der Waals surface area contributed by atoms with Gasteiger partial charge in [-0.1, -0.05) is 36.4 Å². The second-order valence-electron chi connectivity index (χ2n) is 9.25. The molecule has 2 aliphatic rings. The average Bonchev–Trinajstić information content (AvgIpc) is 3.30. The summed E-state index contributed by atoms with van der Waals surface area (Å²) in [5.41, 5.74) is 3.20. The van der Waals surface area contributed by atoms with Crippen LogP contribution in [0.5, 0.6) is 28.7 Å². The minimum absolute atomic E-state index is 0.0632. The fourth-order valence-corrected chi connectivity index (χ4v) is 5.07. The molecule has 1 atom stereocenters. The number of nitrogens with zero attached hydrogens (tertiary/aromatic N) is 1. The normalized spacial score (nSPS) is 16.6. The van der Waals surface area contributed by atoms with Crippen LogP contribution in [0, 0.1) is 0 Å². The molecule has 0 spiro atoms. The van der Waals surface area contributed by atoms with Crippen LogP contribution in [0.4, 0.5) is 0 Å². The van der Waals surface area contributed by atoms with Crippen LogP contribution >= 0.6 is 0 Å². The molecule has 0 saturated heterocycles. The third-order valence-electron chi connectivity index (χ3n) is 6.90. The number of hydrogen-bond donors (Lipinski definition) is 0. The number of fused-ring (bicyclic) bond motifs is 3. The van der Waals surface area contributed by atoms with Gasteiger partial charge in [-0.25, -0.2) is 0 Å². The van der Waals surface area contributed by atoms with E-state index >= 15 is 0 Å². The molecule has 0 unspecified atom stereocenters. The molecule has 3 heterocycles. The lowest BCUT2D eigenvalue weighted by atomic mass is 9.84. The number of ketones is 1. The van der Waals surface area contributed by atoms with Crippen LogP contribution in [0.25, 0.3) is 6.08 Å². The van der Waals surface area contributed by atoms with Gasteiger partial charge in [-0.15, -0.1) is 0 Å². The van der Waals surface area contributed by atoms with Crippen molar-refractivity contribution in [3.8, 4) is 28.7 Å². The lowest BCUT2D eigenvalue weighted by molar-refractivity contribution is -0.135. The van der Waals surface area contributed by atoms with Crippen molar-refractivity contribution >= 4 is 17.8 Å². The number of Topliss-reactive ketones (excluding diaryl/α,β-unsaturated/α-hetero) is 1. The number of hydrogen-bond acceptors (Lipinski definition) is 8. The fourth-order valence-electron chi connectivity index (χ4n) is 5.07. The molecule has 0 saturated carbocycles. The van der Waals surface area contributed by atoms with Crippen LogP contribution in [-0.4, -0.2) is 31.0 Å². The SMILES string of the molecule is COc1cccc(/C=C2\Oc3c(ccc4c3[C@H](c3ccccc3OCc3ccccn3)CC(=O)O4)C2=O)c1OC. The zero-order valence-electron chi connectivity index (χ0n) is 21.9. The number of carbonyl (C=O) groups is 2. The highest BCUT2D eigenvalue weighted by molar-refractivity contribution is 6.15. The average molecular weight is 536 g/mol. The minimum atomic E-state index is -0.454. The second-order valence-corrected chi connectivity index (χ2v) is 9.25. The Balaban J connectivity index is 1.40. The smallest absolute Gasteiger partial charge is 0.312 e. The number of pyridine rings is 1. The lowest BCUT2D eigenvalue weighted by Crippen LogP contribution is -2.22. The predicted molar refractivity (Wildman–Crippen MR) is 146 cm³/mol. The summed E-state index contributed by atoms with van der Waals surface area (Å²) in [5.74, 6) is 1.37. The van der Waals surface area contributed by atoms with Gasteiger partial charge in [-0.3, -0.25) is 14.6 Å². The van der Waals surface area contributed by atoms with E-state index in [0.717, 1.165) is 11.3 Å². The molecule has 8 heteroatoms. The summed E-state index contributed by atoms with van der Waals surface area (Å²) >= 11 is 0. The molecule has 6 rings (SSSR count). The largest absolute Gasteiger partial charge is 0.493 e. The number of benzene rings is 3. The van der Waals surface area contributed by atoms with E-state index < -0.39 is 5.92 Å². The van der Waals surface area contributed by atoms with E-state index in [2.05, 4.69) is 4.98 Å². The third kappa shape index (κ3) is 4.53. The first-order valence-electron chi connectivity index (χ1n) is 12.7. The second kappa shape index (κ2) is 10.6. The monoisotopic (exact) mass is 535 g/mol. The Morgan fingerprint density at radius 1 is 0.900 bits per heavy atom. The van der Waals surface area contributed by atoms with Gasteiger partial charge in [0.15, 0.2) is 17.3 Å². The van der Waals surface area contributed by atoms with E-state index in [1.54, 1.807) is 43.6 Å².